The van der Waals surface area contributed by atoms with Crippen molar-refractivity contribution in [3.63, 3.8) is 0 Å². The second kappa shape index (κ2) is 6.38. The Bertz CT molecular complexity index is 399. The van der Waals surface area contributed by atoms with Crippen LogP contribution in [0, 0.1) is 5.92 Å². The Kier molecular flexibility index (Phi) is 4.81. The molecule has 0 bridgehead atoms. The molecule has 0 aromatic heterocycles. The van der Waals surface area contributed by atoms with Crippen LogP contribution in [0.15, 0.2) is 24.3 Å². The summed E-state index contributed by atoms with van der Waals surface area (Å²) >= 11 is 0. The van der Waals surface area contributed by atoms with Gasteiger partial charge in [-0.2, -0.15) is 0 Å². The van der Waals surface area contributed by atoms with Crippen LogP contribution in [-0.2, 0) is 5.67 Å². The molecule has 0 aliphatic carbocycles. The molecule has 1 aromatic rings. The average molecular weight is 265 g/mol. The first-order valence-corrected chi connectivity index (χ1v) is 7.28. The maximum Gasteiger partial charge on any atom is 0.140 e. The Hall–Kier alpha value is -1.09. The van der Waals surface area contributed by atoms with Crippen LogP contribution in [0.4, 0.5) is 4.39 Å². The summed E-state index contributed by atoms with van der Waals surface area (Å²) in [6.45, 7) is 6.13. The van der Waals surface area contributed by atoms with Gasteiger partial charge < -0.3 is 10.1 Å². The molecular formula is C16H24FNO. The highest BCUT2D eigenvalue weighted by Gasteiger charge is 2.38. The summed E-state index contributed by atoms with van der Waals surface area (Å²) in [5.41, 5.74) is -0.644. The fourth-order valence-corrected chi connectivity index (χ4v) is 2.74. The average Bonchev–Trinajstić information content (AvgIpc) is 2.46. The number of ether oxygens (including phenoxy) is 1. The highest BCUT2D eigenvalue weighted by Crippen LogP contribution is 2.41. The molecule has 0 amide bonds. The second-order valence-electron chi connectivity index (χ2n) is 5.46. The fraction of sp³-hybridized carbons (Fsp3) is 0.625. The second-order valence-corrected chi connectivity index (χ2v) is 5.46. The van der Waals surface area contributed by atoms with E-state index in [0.29, 0.717) is 17.9 Å². The molecule has 1 aromatic carbocycles. The third-order valence-corrected chi connectivity index (χ3v) is 3.94. The number of para-hydroxylation sites is 1. The lowest BCUT2D eigenvalue weighted by molar-refractivity contribution is 0.0773. The van der Waals surface area contributed by atoms with Crippen LogP contribution in [0.1, 0.15) is 38.7 Å². The molecule has 0 saturated carbocycles. The van der Waals surface area contributed by atoms with E-state index in [9.17, 15) is 0 Å². The van der Waals surface area contributed by atoms with Crippen molar-refractivity contribution in [3.05, 3.63) is 29.8 Å². The van der Waals surface area contributed by atoms with E-state index in [0.717, 1.165) is 32.4 Å². The van der Waals surface area contributed by atoms with Crippen molar-refractivity contribution in [2.75, 3.05) is 19.7 Å². The van der Waals surface area contributed by atoms with Crippen LogP contribution in [0.2, 0.25) is 0 Å². The van der Waals surface area contributed by atoms with E-state index in [1.54, 1.807) is 6.92 Å². The van der Waals surface area contributed by atoms with Crippen molar-refractivity contribution in [1.82, 2.24) is 5.32 Å². The zero-order valence-corrected chi connectivity index (χ0v) is 11.9. The molecule has 1 aliphatic rings. The third kappa shape index (κ3) is 3.27. The monoisotopic (exact) mass is 265 g/mol. The highest BCUT2D eigenvalue weighted by molar-refractivity contribution is 5.38. The molecular weight excluding hydrogens is 241 g/mol. The van der Waals surface area contributed by atoms with E-state index in [2.05, 4.69) is 12.2 Å². The Balaban J connectivity index is 2.22. The number of alkyl halides is 1. The topological polar surface area (TPSA) is 21.3 Å². The van der Waals surface area contributed by atoms with E-state index in [-0.39, 0.29) is 5.92 Å². The van der Waals surface area contributed by atoms with Crippen LogP contribution >= 0.6 is 0 Å². The third-order valence-electron chi connectivity index (χ3n) is 3.94. The van der Waals surface area contributed by atoms with Gasteiger partial charge in [0, 0.05) is 18.0 Å². The van der Waals surface area contributed by atoms with Crippen molar-refractivity contribution in [2.24, 2.45) is 5.92 Å². The standard InChI is InChI=1S/C16H24FNO/c1-3-11-19-15-9-5-4-8-14(15)16(2,17)13-7-6-10-18-12-13/h4-5,8-9,13,18H,3,6-7,10-12H2,1-2H3. The summed E-state index contributed by atoms with van der Waals surface area (Å²) < 4.78 is 21.0. The predicted octanol–water partition coefficient (Wildman–Crippen LogP) is 3.66. The van der Waals surface area contributed by atoms with Gasteiger partial charge in [-0.05, 0) is 38.8 Å². The molecule has 106 valence electrons. The van der Waals surface area contributed by atoms with Crippen molar-refractivity contribution in [3.8, 4) is 5.75 Å². The smallest absolute Gasteiger partial charge is 0.140 e. The summed E-state index contributed by atoms with van der Waals surface area (Å²) in [5, 5.41) is 3.29. The van der Waals surface area contributed by atoms with Gasteiger partial charge in [0.15, 0.2) is 0 Å². The first-order chi connectivity index (χ1) is 9.16. The molecule has 19 heavy (non-hydrogen) atoms. The van der Waals surface area contributed by atoms with Gasteiger partial charge in [0.2, 0.25) is 0 Å². The van der Waals surface area contributed by atoms with Crippen LogP contribution < -0.4 is 10.1 Å². The zero-order chi connectivity index (χ0) is 13.7. The first kappa shape index (κ1) is 14.3. The Morgan fingerprint density at radius 3 is 2.89 bits per heavy atom. The molecule has 1 aliphatic heterocycles. The van der Waals surface area contributed by atoms with Gasteiger partial charge in [-0.15, -0.1) is 0 Å². The normalized spacial score (nSPS) is 22.8. The Morgan fingerprint density at radius 1 is 1.42 bits per heavy atom. The van der Waals surface area contributed by atoms with Gasteiger partial charge in [-0.25, -0.2) is 4.39 Å². The van der Waals surface area contributed by atoms with E-state index in [1.807, 2.05) is 24.3 Å². The molecule has 2 rings (SSSR count). The summed E-state index contributed by atoms with van der Waals surface area (Å²) in [6, 6.07) is 7.53. The fourth-order valence-electron chi connectivity index (χ4n) is 2.74. The Morgan fingerprint density at radius 2 is 2.21 bits per heavy atom. The van der Waals surface area contributed by atoms with Crippen LogP contribution in [-0.4, -0.2) is 19.7 Å². The minimum Gasteiger partial charge on any atom is -0.493 e. The number of benzene rings is 1. The molecule has 2 nitrogen and oxygen atoms in total. The number of hydrogen-bond acceptors (Lipinski definition) is 2. The maximum atomic E-state index is 15.3. The minimum absolute atomic E-state index is 0.0210. The van der Waals surface area contributed by atoms with Crippen LogP contribution in [0.5, 0.6) is 5.75 Å². The molecule has 0 radical (unpaired) electrons. The summed E-state index contributed by atoms with van der Waals surface area (Å²) in [6.07, 6.45) is 2.91. The molecule has 1 saturated heterocycles. The summed E-state index contributed by atoms with van der Waals surface area (Å²) in [7, 11) is 0. The summed E-state index contributed by atoms with van der Waals surface area (Å²) in [4.78, 5) is 0. The van der Waals surface area contributed by atoms with E-state index < -0.39 is 5.67 Å². The number of rotatable bonds is 5. The molecule has 1 N–H and O–H groups in total. The van der Waals surface area contributed by atoms with Gasteiger partial charge in [-0.1, -0.05) is 25.1 Å². The maximum absolute atomic E-state index is 15.3. The molecule has 1 fully saturated rings. The van der Waals surface area contributed by atoms with Gasteiger partial charge in [-0.3, -0.25) is 0 Å². The molecule has 0 spiro atoms. The van der Waals surface area contributed by atoms with Crippen molar-refractivity contribution >= 4 is 0 Å². The Labute approximate surface area is 115 Å². The number of piperidine rings is 1. The lowest BCUT2D eigenvalue weighted by Gasteiger charge is -2.35. The molecule has 2 atom stereocenters. The minimum atomic E-state index is -1.34. The molecule has 3 heteroatoms. The van der Waals surface area contributed by atoms with Gasteiger partial charge in [0.25, 0.3) is 0 Å². The highest BCUT2D eigenvalue weighted by atomic mass is 19.1. The lowest BCUT2D eigenvalue weighted by Crippen LogP contribution is -2.40. The van der Waals surface area contributed by atoms with E-state index in [4.69, 9.17) is 4.74 Å². The van der Waals surface area contributed by atoms with Crippen LogP contribution in [0.3, 0.4) is 0 Å². The molecule has 1 heterocycles. The van der Waals surface area contributed by atoms with Crippen LogP contribution in [0.25, 0.3) is 0 Å². The molecule has 2 unspecified atom stereocenters. The van der Waals surface area contributed by atoms with Gasteiger partial charge in [0.05, 0.1) is 6.61 Å². The first-order valence-electron chi connectivity index (χ1n) is 7.28. The SMILES string of the molecule is CCCOc1ccccc1C(C)(F)C1CCCNC1. The largest absolute Gasteiger partial charge is 0.493 e. The lowest BCUT2D eigenvalue weighted by atomic mass is 9.80. The summed E-state index contributed by atoms with van der Waals surface area (Å²) in [5.74, 6) is 0.715. The number of halogens is 1. The van der Waals surface area contributed by atoms with Crippen molar-refractivity contribution < 1.29 is 9.13 Å². The van der Waals surface area contributed by atoms with Gasteiger partial charge in [0.1, 0.15) is 11.4 Å². The van der Waals surface area contributed by atoms with E-state index >= 15 is 4.39 Å². The number of nitrogens with one attached hydrogen (secondary N) is 1. The predicted molar refractivity (Wildman–Crippen MR) is 76.3 cm³/mol. The zero-order valence-electron chi connectivity index (χ0n) is 11.9. The van der Waals surface area contributed by atoms with E-state index in [1.165, 1.54) is 0 Å². The van der Waals surface area contributed by atoms with Crippen molar-refractivity contribution in [1.29, 1.82) is 0 Å². The van der Waals surface area contributed by atoms with Crippen molar-refractivity contribution in [2.45, 2.75) is 38.8 Å². The number of hydrogen-bond donors (Lipinski definition) is 1. The van der Waals surface area contributed by atoms with Gasteiger partial charge >= 0.3 is 0 Å². The quantitative estimate of drug-likeness (QED) is 0.877.